The molecule has 1 heterocycles. The number of urea groups is 1. The van der Waals surface area contributed by atoms with Crippen molar-refractivity contribution in [1.29, 1.82) is 0 Å². The zero-order valence-corrected chi connectivity index (χ0v) is 15.3. The molecule has 0 saturated carbocycles. The maximum Gasteiger partial charge on any atom is 0.317 e. The van der Waals surface area contributed by atoms with Crippen LogP contribution in [0.2, 0.25) is 0 Å². The maximum atomic E-state index is 12.5. The number of amides is 3. The summed E-state index contributed by atoms with van der Waals surface area (Å²) in [6.07, 6.45) is 1.47. The Bertz CT molecular complexity index is 588. The van der Waals surface area contributed by atoms with Crippen LogP contribution >= 0.6 is 0 Å². The summed E-state index contributed by atoms with van der Waals surface area (Å²) in [7, 11) is 3.10. The fourth-order valence-corrected chi connectivity index (χ4v) is 2.77. The molecule has 0 bridgehead atoms. The number of likely N-dealkylation sites (tertiary alicyclic amines) is 1. The van der Waals surface area contributed by atoms with Gasteiger partial charge in [-0.05, 0) is 38.8 Å². The summed E-state index contributed by atoms with van der Waals surface area (Å²) in [6, 6.07) is 5.22. The summed E-state index contributed by atoms with van der Waals surface area (Å²) in [5.41, 5.74) is 0.496. The highest BCUT2D eigenvalue weighted by molar-refractivity contribution is 5.95. The number of ether oxygens (including phenoxy) is 2. The topological polar surface area (TPSA) is 79.9 Å². The molecule has 7 nitrogen and oxygen atoms in total. The lowest BCUT2D eigenvalue weighted by molar-refractivity contribution is 0.0917. The highest BCUT2D eigenvalue weighted by Crippen LogP contribution is 2.23. The molecule has 0 radical (unpaired) electrons. The van der Waals surface area contributed by atoms with Gasteiger partial charge < -0.3 is 25.0 Å². The number of rotatable bonds is 5. The number of carbonyl (C=O) groups excluding carboxylic acids is 2. The number of carbonyl (C=O) groups is 2. The summed E-state index contributed by atoms with van der Waals surface area (Å²) in [5.74, 6) is 0.983. The van der Waals surface area contributed by atoms with Crippen molar-refractivity contribution in [3.63, 3.8) is 0 Å². The van der Waals surface area contributed by atoms with Gasteiger partial charge in [0, 0.05) is 36.8 Å². The van der Waals surface area contributed by atoms with E-state index in [-0.39, 0.29) is 24.0 Å². The van der Waals surface area contributed by atoms with Crippen molar-refractivity contribution in [3.8, 4) is 11.5 Å². The molecule has 0 aromatic heterocycles. The third-order valence-corrected chi connectivity index (χ3v) is 4.14. The first-order valence-electron chi connectivity index (χ1n) is 8.52. The van der Waals surface area contributed by atoms with Crippen molar-refractivity contribution in [1.82, 2.24) is 15.5 Å². The molecule has 25 heavy (non-hydrogen) atoms. The van der Waals surface area contributed by atoms with Crippen molar-refractivity contribution in [2.75, 3.05) is 27.3 Å². The van der Waals surface area contributed by atoms with Gasteiger partial charge in [0.25, 0.3) is 5.91 Å². The summed E-state index contributed by atoms with van der Waals surface area (Å²) in [4.78, 5) is 26.3. The van der Waals surface area contributed by atoms with Crippen molar-refractivity contribution in [2.45, 2.75) is 38.8 Å². The maximum absolute atomic E-state index is 12.5. The first-order chi connectivity index (χ1) is 11.9. The van der Waals surface area contributed by atoms with Gasteiger partial charge in [0.1, 0.15) is 11.5 Å². The lowest BCUT2D eigenvalue weighted by Gasteiger charge is -2.33. The van der Waals surface area contributed by atoms with E-state index in [0.29, 0.717) is 30.2 Å². The van der Waals surface area contributed by atoms with Gasteiger partial charge in [0.05, 0.1) is 14.2 Å². The Labute approximate surface area is 148 Å². The minimum Gasteiger partial charge on any atom is -0.497 e. The average Bonchev–Trinajstić information content (AvgIpc) is 2.61. The Hall–Kier alpha value is -2.44. The van der Waals surface area contributed by atoms with Crippen LogP contribution in [0.25, 0.3) is 0 Å². The quantitative estimate of drug-likeness (QED) is 0.852. The van der Waals surface area contributed by atoms with Crippen LogP contribution in [-0.4, -0.2) is 56.2 Å². The van der Waals surface area contributed by atoms with E-state index >= 15 is 0 Å². The number of nitrogens with one attached hydrogen (secondary N) is 2. The number of hydrogen-bond donors (Lipinski definition) is 2. The van der Waals surface area contributed by atoms with Crippen LogP contribution in [0.5, 0.6) is 11.5 Å². The molecule has 7 heteroatoms. The Morgan fingerprint density at radius 2 is 1.64 bits per heavy atom. The van der Waals surface area contributed by atoms with E-state index in [1.165, 1.54) is 0 Å². The highest BCUT2D eigenvalue weighted by atomic mass is 16.5. The summed E-state index contributed by atoms with van der Waals surface area (Å²) in [5, 5.41) is 5.92. The molecule has 0 atom stereocenters. The van der Waals surface area contributed by atoms with Crippen LogP contribution in [0.4, 0.5) is 4.79 Å². The molecule has 0 aliphatic carbocycles. The number of hydrogen-bond acceptors (Lipinski definition) is 4. The molecule has 1 aliphatic rings. The first-order valence-corrected chi connectivity index (χ1v) is 8.52. The molecular weight excluding hydrogens is 322 g/mol. The van der Waals surface area contributed by atoms with E-state index in [9.17, 15) is 9.59 Å². The summed E-state index contributed by atoms with van der Waals surface area (Å²) in [6.45, 7) is 5.14. The van der Waals surface area contributed by atoms with Gasteiger partial charge in [-0.3, -0.25) is 4.79 Å². The van der Waals surface area contributed by atoms with E-state index in [1.54, 1.807) is 37.3 Å². The van der Waals surface area contributed by atoms with Crippen LogP contribution in [0.3, 0.4) is 0 Å². The van der Waals surface area contributed by atoms with Crippen molar-refractivity contribution >= 4 is 11.9 Å². The zero-order chi connectivity index (χ0) is 18.4. The van der Waals surface area contributed by atoms with Gasteiger partial charge in [0.2, 0.25) is 0 Å². The van der Waals surface area contributed by atoms with E-state index in [4.69, 9.17) is 9.47 Å². The van der Waals surface area contributed by atoms with Gasteiger partial charge in [-0.2, -0.15) is 0 Å². The second kappa shape index (κ2) is 8.60. The number of methoxy groups -OCH3 is 2. The summed E-state index contributed by atoms with van der Waals surface area (Å²) < 4.78 is 10.4. The van der Waals surface area contributed by atoms with Crippen LogP contribution in [-0.2, 0) is 0 Å². The molecule has 1 fully saturated rings. The largest absolute Gasteiger partial charge is 0.497 e. The van der Waals surface area contributed by atoms with Gasteiger partial charge in [-0.25, -0.2) is 4.79 Å². The molecule has 2 N–H and O–H groups in total. The molecule has 2 rings (SSSR count). The lowest BCUT2D eigenvalue weighted by Crippen LogP contribution is -2.50. The Morgan fingerprint density at radius 3 is 2.12 bits per heavy atom. The van der Waals surface area contributed by atoms with E-state index in [0.717, 1.165) is 12.8 Å². The lowest BCUT2D eigenvalue weighted by atomic mass is 10.0. The van der Waals surface area contributed by atoms with Crippen molar-refractivity contribution in [2.24, 2.45) is 0 Å². The minimum atomic E-state index is -0.165. The molecule has 3 amide bonds. The van der Waals surface area contributed by atoms with Crippen molar-refractivity contribution in [3.05, 3.63) is 23.8 Å². The van der Waals surface area contributed by atoms with Gasteiger partial charge >= 0.3 is 6.03 Å². The molecule has 0 spiro atoms. The van der Waals surface area contributed by atoms with E-state index < -0.39 is 0 Å². The molecule has 0 unspecified atom stereocenters. The highest BCUT2D eigenvalue weighted by Gasteiger charge is 2.24. The second-order valence-corrected chi connectivity index (χ2v) is 6.44. The SMILES string of the molecule is COc1cc(OC)cc(C(=O)NC2CCN(C(=O)NC(C)C)CC2)c1. The number of piperidine rings is 1. The Kier molecular flexibility index (Phi) is 6.50. The fourth-order valence-electron chi connectivity index (χ4n) is 2.77. The molecular formula is C18H27N3O4. The molecule has 1 saturated heterocycles. The normalized spacial score (nSPS) is 15.0. The van der Waals surface area contributed by atoms with Gasteiger partial charge in [0.15, 0.2) is 0 Å². The first kappa shape index (κ1) is 18.9. The van der Waals surface area contributed by atoms with Gasteiger partial charge in [-0.1, -0.05) is 0 Å². The van der Waals surface area contributed by atoms with Crippen LogP contribution < -0.4 is 20.1 Å². The second-order valence-electron chi connectivity index (χ2n) is 6.44. The minimum absolute atomic E-state index is 0.0442. The Morgan fingerprint density at radius 1 is 1.08 bits per heavy atom. The zero-order valence-electron chi connectivity index (χ0n) is 15.3. The summed E-state index contributed by atoms with van der Waals surface area (Å²) >= 11 is 0. The number of benzene rings is 1. The van der Waals surface area contributed by atoms with Crippen LogP contribution in [0.1, 0.15) is 37.0 Å². The van der Waals surface area contributed by atoms with Crippen molar-refractivity contribution < 1.29 is 19.1 Å². The fraction of sp³-hybridized carbons (Fsp3) is 0.556. The number of nitrogens with zero attached hydrogens (tertiary/aromatic N) is 1. The van der Waals surface area contributed by atoms with Crippen LogP contribution in [0.15, 0.2) is 18.2 Å². The molecule has 138 valence electrons. The molecule has 1 aliphatic heterocycles. The van der Waals surface area contributed by atoms with E-state index in [1.807, 2.05) is 13.8 Å². The smallest absolute Gasteiger partial charge is 0.317 e. The molecule has 1 aromatic carbocycles. The third-order valence-electron chi connectivity index (χ3n) is 4.14. The third kappa shape index (κ3) is 5.27. The van der Waals surface area contributed by atoms with Crippen LogP contribution in [0, 0.1) is 0 Å². The predicted octanol–water partition coefficient (Wildman–Crippen LogP) is 2.02. The molecule has 1 aromatic rings. The van der Waals surface area contributed by atoms with E-state index in [2.05, 4.69) is 10.6 Å². The van der Waals surface area contributed by atoms with Gasteiger partial charge in [-0.15, -0.1) is 0 Å². The monoisotopic (exact) mass is 349 g/mol. The standard InChI is InChI=1S/C18H27N3O4/c1-12(2)19-18(23)21-7-5-14(6-8-21)20-17(22)13-9-15(24-3)11-16(10-13)25-4/h9-12,14H,5-8H2,1-4H3,(H,19,23)(H,20,22). The average molecular weight is 349 g/mol. The Balaban J connectivity index is 1.91. The predicted molar refractivity (Wildman–Crippen MR) is 95.3 cm³/mol.